The van der Waals surface area contributed by atoms with Gasteiger partial charge in [0.15, 0.2) is 0 Å². The minimum atomic E-state index is -0.879. The summed E-state index contributed by atoms with van der Waals surface area (Å²) in [7, 11) is 0. The summed E-state index contributed by atoms with van der Waals surface area (Å²) in [6.45, 7) is 5.74. The second-order valence-electron chi connectivity index (χ2n) is 8.82. The van der Waals surface area contributed by atoms with Gasteiger partial charge in [-0.1, -0.05) is 69.2 Å². The van der Waals surface area contributed by atoms with Crippen LogP contribution in [0.25, 0.3) is 11.6 Å². The van der Waals surface area contributed by atoms with Gasteiger partial charge in [0, 0.05) is 5.57 Å². The fourth-order valence-corrected chi connectivity index (χ4v) is 3.94. The first-order valence-corrected chi connectivity index (χ1v) is 10.3. The predicted octanol–water partition coefficient (Wildman–Crippen LogP) is 6.67. The molecule has 3 rings (SSSR count). The second-order valence-corrected chi connectivity index (χ2v) is 8.82. The van der Waals surface area contributed by atoms with Crippen molar-refractivity contribution in [2.45, 2.75) is 52.9 Å². The molecule has 3 nitrogen and oxygen atoms in total. The van der Waals surface area contributed by atoms with Crippen molar-refractivity contribution in [3.63, 3.8) is 0 Å². The molecule has 0 unspecified atom stereocenters. The van der Waals surface area contributed by atoms with E-state index in [1.54, 1.807) is 18.2 Å². The van der Waals surface area contributed by atoms with Gasteiger partial charge in [0.1, 0.15) is 5.75 Å². The number of aromatic hydroxyl groups is 1. The summed E-state index contributed by atoms with van der Waals surface area (Å²) in [6, 6.07) is 15.6. The maximum Gasteiger partial charge on any atom is 0.332 e. The van der Waals surface area contributed by atoms with Crippen molar-refractivity contribution in [2.24, 2.45) is 5.41 Å². The Bertz CT molecular complexity index is 915. The molecular weight excluding hydrogens is 360 g/mol. The van der Waals surface area contributed by atoms with E-state index in [2.05, 4.69) is 12.1 Å². The molecule has 0 saturated heterocycles. The molecule has 0 bridgehead atoms. The molecular formula is C26H30O3. The average molecular weight is 391 g/mol. The van der Waals surface area contributed by atoms with Gasteiger partial charge in [-0.3, -0.25) is 0 Å². The third-order valence-corrected chi connectivity index (χ3v) is 5.52. The van der Waals surface area contributed by atoms with E-state index in [0.29, 0.717) is 5.57 Å². The highest BCUT2D eigenvalue weighted by Gasteiger charge is 2.23. The molecule has 1 aliphatic carbocycles. The van der Waals surface area contributed by atoms with Crippen LogP contribution in [0.4, 0.5) is 0 Å². The van der Waals surface area contributed by atoms with E-state index in [0.717, 1.165) is 29.5 Å². The third kappa shape index (κ3) is 5.17. The van der Waals surface area contributed by atoms with Gasteiger partial charge in [-0.15, -0.1) is 0 Å². The number of allylic oxidation sites excluding steroid dienone is 1. The molecule has 2 aromatic carbocycles. The van der Waals surface area contributed by atoms with Gasteiger partial charge in [-0.05, 0) is 71.6 Å². The Balaban J connectivity index is 2.02. The summed E-state index contributed by atoms with van der Waals surface area (Å²) in [4.78, 5) is 11.6. The lowest BCUT2D eigenvalue weighted by atomic mass is 9.84. The van der Waals surface area contributed by atoms with Crippen LogP contribution >= 0.6 is 0 Å². The van der Waals surface area contributed by atoms with Crippen molar-refractivity contribution in [3.05, 3.63) is 76.4 Å². The Morgan fingerprint density at radius 3 is 1.86 bits per heavy atom. The summed E-state index contributed by atoms with van der Waals surface area (Å²) in [6.07, 6.45) is 7.67. The van der Waals surface area contributed by atoms with Gasteiger partial charge in [-0.2, -0.15) is 0 Å². The van der Waals surface area contributed by atoms with Crippen LogP contribution in [0.15, 0.2) is 59.7 Å². The minimum Gasteiger partial charge on any atom is -0.508 e. The Morgan fingerprint density at radius 2 is 1.38 bits per heavy atom. The number of hydrogen-bond donors (Lipinski definition) is 2. The highest BCUT2D eigenvalue weighted by Crippen LogP contribution is 2.36. The second kappa shape index (κ2) is 8.69. The fraction of sp³-hybridized carbons (Fsp3) is 0.346. The molecule has 29 heavy (non-hydrogen) atoms. The van der Waals surface area contributed by atoms with Crippen LogP contribution in [-0.2, 0) is 4.79 Å². The number of aliphatic carboxylic acids is 1. The molecule has 2 N–H and O–H groups in total. The van der Waals surface area contributed by atoms with Gasteiger partial charge in [0.25, 0.3) is 0 Å². The molecule has 3 heteroatoms. The first-order chi connectivity index (χ1) is 13.8. The summed E-state index contributed by atoms with van der Waals surface area (Å²) in [5, 5.41) is 19.2. The number of phenolic OH excluding ortho intramolecular Hbond substituents is 1. The first kappa shape index (κ1) is 20.9. The third-order valence-electron chi connectivity index (χ3n) is 5.52. The SMILES string of the molecule is CC(C)(C)C(=Cc1ccc(C(=C2CCCCC2)c2ccc(O)cc2)cc1)C(=O)O. The van der Waals surface area contributed by atoms with Gasteiger partial charge in [0.05, 0.1) is 0 Å². The summed E-state index contributed by atoms with van der Waals surface area (Å²) in [5.41, 5.74) is 5.82. The summed E-state index contributed by atoms with van der Waals surface area (Å²) >= 11 is 0. The topological polar surface area (TPSA) is 57.5 Å². The highest BCUT2D eigenvalue weighted by molar-refractivity contribution is 5.93. The molecule has 1 aliphatic rings. The minimum absolute atomic E-state index is 0.269. The molecule has 0 atom stereocenters. The Hall–Kier alpha value is -2.81. The molecule has 0 spiro atoms. The molecule has 2 aromatic rings. The van der Waals surface area contributed by atoms with Crippen molar-refractivity contribution < 1.29 is 15.0 Å². The van der Waals surface area contributed by atoms with Gasteiger partial charge in [-0.25, -0.2) is 4.79 Å². The molecule has 0 heterocycles. The molecule has 0 amide bonds. The van der Waals surface area contributed by atoms with Crippen molar-refractivity contribution in [2.75, 3.05) is 0 Å². The zero-order valence-corrected chi connectivity index (χ0v) is 17.5. The maximum atomic E-state index is 11.6. The standard InChI is InChI=1S/C26H30O3/c1-26(2,3)23(25(28)29)17-18-9-11-20(12-10-18)24(19-7-5-4-6-8-19)21-13-15-22(27)16-14-21/h9-17,27H,4-8H2,1-3H3,(H,28,29). The monoisotopic (exact) mass is 390 g/mol. The van der Waals surface area contributed by atoms with E-state index in [9.17, 15) is 15.0 Å². The fourth-order valence-electron chi connectivity index (χ4n) is 3.94. The Labute approximate surface area is 173 Å². The largest absolute Gasteiger partial charge is 0.508 e. The molecule has 1 saturated carbocycles. The predicted molar refractivity (Wildman–Crippen MR) is 119 cm³/mol. The van der Waals surface area contributed by atoms with Crippen LogP contribution in [0.3, 0.4) is 0 Å². The molecule has 0 aromatic heterocycles. The normalized spacial score (nSPS) is 15.3. The number of carbonyl (C=O) groups is 1. The van der Waals surface area contributed by atoms with E-state index in [1.165, 1.54) is 30.4 Å². The number of rotatable bonds is 4. The number of phenols is 1. The maximum absolute atomic E-state index is 11.6. The van der Waals surface area contributed by atoms with E-state index in [-0.39, 0.29) is 5.75 Å². The Morgan fingerprint density at radius 1 is 0.862 bits per heavy atom. The summed E-state index contributed by atoms with van der Waals surface area (Å²) < 4.78 is 0. The van der Waals surface area contributed by atoms with Crippen molar-refractivity contribution in [3.8, 4) is 5.75 Å². The van der Waals surface area contributed by atoms with Crippen LogP contribution < -0.4 is 0 Å². The lowest BCUT2D eigenvalue weighted by Crippen LogP contribution is -2.17. The van der Waals surface area contributed by atoms with Gasteiger partial charge < -0.3 is 10.2 Å². The number of carboxylic acid groups (broad SMARTS) is 1. The zero-order valence-electron chi connectivity index (χ0n) is 17.5. The number of benzene rings is 2. The lowest BCUT2D eigenvalue weighted by Gasteiger charge is -2.21. The zero-order chi connectivity index (χ0) is 21.0. The molecule has 1 fully saturated rings. The van der Waals surface area contributed by atoms with Crippen LogP contribution in [0.1, 0.15) is 69.6 Å². The first-order valence-electron chi connectivity index (χ1n) is 10.3. The van der Waals surface area contributed by atoms with Crippen LogP contribution in [0, 0.1) is 5.41 Å². The quantitative estimate of drug-likeness (QED) is 0.573. The molecule has 152 valence electrons. The van der Waals surface area contributed by atoms with E-state index >= 15 is 0 Å². The van der Waals surface area contributed by atoms with Gasteiger partial charge >= 0.3 is 5.97 Å². The highest BCUT2D eigenvalue weighted by atomic mass is 16.4. The van der Waals surface area contributed by atoms with Crippen molar-refractivity contribution in [1.82, 2.24) is 0 Å². The van der Waals surface area contributed by atoms with Crippen molar-refractivity contribution in [1.29, 1.82) is 0 Å². The molecule has 0 radical (unpaired) electrons. The molecule has 0 aliphatic heterocycles. The van der Waals surface area contributed by atoms with Crippen LogP contribution in [0.2, 0.25) is 0 Å². The number of carboxylic acids is 1. The summed E-state index contributed by atoms with van der Waals surface area (Å²) in [5.74, 6) is -0.610. The lowest BCUT2D eigenvalue weighted by molar-refractivity contribution is -0.133. The average Bonchev–Trinajstić information content (AvgIpc) is 2.68. The van der Waals surface area contributed by atoms with Gasteiger partial charge in [0.2, 0.25) is 0 Å². The smallest absolute Gasteiger partial charge is 0.332 e. The van der Waals surface area contributed by atoms with E-state index < -0.39 is 11.4 Å². The number of hydrogen-bond acceptors (Lipinski definition) is 2. The van der Waals surface area contributed by atoms with Crippen LogP contribution in [0.5, 0.6) is 5.75 Å². The van der Waals surface area contributed by atoms with E-state index in [1.807, 2.05) is 45.0 Å². The Kier molecular flexibility index (Phi) is 6.26. The van der Waals surface area contributed by atoms with Crippen molar-refractivity contribution >= 4 is 17.6 Å². The van der Waals surface area contributed by atoms with E-state index in [4.69, 9.17) is 0 Å². The van der Waals surface area contributed by atoms with Crippen LogP contribution in [-0.4, -0.2) is 16.2 Å².